The van der Waals surface area contributed by atoms with E-state index in [0.29, 0.717) is 0 Å². The first-order valence-corrected chi connectivity index (χ1v) is 10.00. The summed E-state index contributed by atoms with van der Waals surface area (Å²) >= 11 is 1.72. The van der Waals surface area contributed by atoms with Crippen LogP contribution in [-0.2, 0) is 16.0 Å². The molecule has 2 heterocycles. The molecule has 1 atom stereocenters. The zero-order valence-electron chi connectivity index (χ0n) is 16.3. The Morgan fingerprint density at radius 2 is 2.23 bits per heavy atom. The number of ether oxygens (including phenoxy) is 1. The van der Waals surface area contributed by atoms with Crippen LogP contribution in [0.5, 0.6) is 0 Å². The summed E-state index contributed by atoms with van der Waals surface area (Å²) < 4.78 is 5.78. The van der Waals surface area contributed by atoms with Crippen LogP contribution < -0.4 is 5.32 Å². The molecular formula is C18H31N5O2S. The molecular weight excluding hydrogens is 350 g/mol. The number of carbonyl (C=O) groups is 1. The van der Waals surface area contributed by atoms with Gasteiger partial charge in [-0.2, -0.15) is 0 Å². The molecule has 0 saturated carbocycles. The van der Waals surface area contributed by atoms with Gasteiger partial charge in [0.05, 0.1) is 11.1 Å². The lowest BCUT2D eigenvalue weighted by Crippen LogP contribution is -2.44. The highest BCUT2D eigenvalue weighted by molar-refractivity contribution is 7.11. The molecule has 7 nitrogen and oxygen atoms in total. The summed E-state index contributed by atoms with van der Waals surface area (Å²) in [5.74, 6) is 0.727. The first-order chi connectivity index (χ1) is 12.5. The molecule has 1 aliphatic heterocycles. The maximum absolute atomic E-state index is 11.9. The minimum Gasteiger partial charge on any atom is -0.376 e. The number of nitrogens with zero attached hydrogens (tertiary/aromatic N) is 4. The Morgan fingerprint density at radius 3 is 2.85 bits per heavy atom. The molecule has 1 N–H and O–H groups in total. The number of likely N-dealkylation sites (N-methyl/N-ethyl adjacent to an activating group) is 2. The SMILES string of the molecule is Cc1cnc(CCN(C)C(=NCC(=O)N(C)C)NCC2CCCCO2)s1. The monoisotopic (exact) mass is 381 g/mol. The molecule has 0 spiro atoms. The zero-order valence-corrected chi connectivity index (χ0v) is 17.1. The van der Waals surface area contributed by atoms with Gasteiger partial charge in [-0.1, -0.05) is 0 Å². The molecule has 0 radical (unpaired) electrons. The van der Waals surface area contributed by atoms with E-state index in [4.69, 9.17) is 4.74 Å². The fraction of sp³-hybridized carbons (Fsp3) is 0.722. The Kier molecular flexibility index (Phi) is 8.31. The molecule has 146 valence electrons. The van der Waals surface area contributed by atoms with Crippen LogP contribution in [0.4, 0.5) is 0 Å². The van der Waals surface area contributed by atoms with Crippen LogP contribution in [0.1, 0.15) is 29.1 Å². The predicted octanol–water partition coefficient (Wildman–Crippen LogP) is 1.53. The normalized spacial score (nSPS) is 17.8. The van der Waals surface area contributed by atoms with E-state index in [-0.39, 0.29) is 18.6 Å². The van der Waals surface area contributed by atoms with Crippen LogP contribution in [0.25, 0.3) is 0 Å². The fourth-order valence-corrected chi connectivity index (χ4v) is 3.43. The van der Waals surface area contributed by atoms with Crippen molar-refractivity contribution in [1.82, 2.24) is 20.1 Å². The number of thiazole rings is 1. The molecule has 8 heteroatoms. The molecule has 1 aromatic heterocycles. The highest BCUT2D eigenvalue weighted by atomic mass is 32.1. The largest absolute Gasteiger partial charge is 0.376 e. The Balaban J connectivity index is 1.92. The van der Waals surface area contributed by atoms with E-state index >= 15 is 0 Å². The highest BCUT2D eigenvalue weighted by Crippen LogP contribution is 2.13. The van der Waals surface area contributed by atoms with Gasteiger partial charge in [0.25, 0.3) is 0 Å². The van der Waals surface area contributed by atoms with Crippen molar-refractivity contribution in [1.29, 1.82) is 0 Å². The van der Waals surface area contributed by atoms with Crippen molar-refractivity contribution in [2.45, 2.75) is 38.7 Å². The zero-order chi connectivity index (χ0) is 18.9. The lowest BCUT2D eigenvalue weighted by molar-refractivity contribution is -0.127. The Labute approximate surface area is 160 Å². The van der Waals surface area contributed by atoms with E-state index in [1.165, 1.54) is 11.3 Å². The van der Waals surface area contributed by atoms with Gasteiger partial charge in [-0.05, 0) is 26.2 Å². The van der Waals surface area contributed by atoms with Crippen molar-refractivity contribution in [2.75, 3.05) is 47.4 Å². The van der Waals surface area contributed by atoms with Crippen LogP contribution in [0.3, 0.4) is 0 Å². The molecule has 1 fully saturated rings. The van der Waals surface area contributed by atoms with E-state index in [9.17, 15) is 4.79 Å². The topological polar surface area (TPSA) is 70.1 Å². The van der Waals surface area contributed by atoms with Crippen LogP contribution >= 0.6 is 11.3 Å². The van der Waals surface area contributed by atoms with Gasteiger partial charge in [0.1, 0.15) is 6.54 Å². The second kappa shape index (κ2) is 10.5. The van der Waals surface area contributed by atoms with E-state index < -0.39 is 0 Å². The second-order valence-electron chi connectivity index (χ2n) is 6.83. The lowest BCUT2D eigenvalue weighted by Gasteiger charge is -2.27. The molecule has 2 rings (SSSR count). The van der Waals surface area contributed by atoms with Gasteiger partial charge in [-0.15, -0.1) is 11.3 Å². The summed E-state index contributed by atoms with van der Waals surface area (Å²) in [6.07, 6.45) is 6.40. The third kappa shape index (κ3) is 6.92. The van der Waals surface area contributed by atoms with Gasteiger partial charge in [-0.25, -0.2) is 9.98 Å². The van der Waals surface area contributed by atoms with Crippen molar-refractivity contribution in [3.63, 3.8) is 0 Å². The third-order valence-corrected chi connectivity index (χ3v) is 5.29. The molecule has 1 amide bonds. The number of guanidine groups is 1. The molecule has 0 aromatic carbocycles. The van der Waals surface area contributed by atoms with Crippen LogP contribution in [0, 0.1) is 6.92 Å². The smallest absolute Gasteiger partial charge is 0.243 e. The number of aromatic nitrogens is 1. The van der Waals surface area contributed by atoms with Crippen molar-refractivity contribution < 1.29 is 9.53 Å². The Hall–Kier alpha value is -1.67. The first kappa shape index (κ1) is 20.6. The number of hydrogen-bond acceptors (Lipinski definition) is 5. The average molecular weight is 382 g/mol. The predicted molar refractivity (Wildman–Crippen MR) is 106 cm³/mol. The van der Waals surface area contributed by atoms with Gasteiger partial charge in [-0.3, -0.25) is 4.79 Å². The quantitative estimate of drug-likeness (QED) is 0.573. The van der Waals surface area contributed by atoms with Crippen LogP contribution in [0.2, 0.25) is 0 Å². The Bertz CT molecular complexity index is 596. The van der Waals surface area contributed by atoms with Gasteiger partial charge >= 0.3 is 0 Å². The van der Waals surface area contributed by atoms with Crippen LogP contribution in [-0.4, -0.2) is 80.1 Å². The number of amides is 1. The average Bonchev–Trinajstić information content (AvgIpc) is 3.05. The van der Waals surface area contributed by atoms with E-state index in [1.54, 1.807) is 30.3 Å². The molecule has 1 aromatic rings. The number of rotatable bonds is 7. The minimum absolute atomic E-state index is 0.0119. The van der Waals surface area contributed by atoms with Gasteiger partial charge in [0.15, 0.2) is 5.96 Å². The standard InChI is InChI=1S/C18H31N5O2S/c1-14-11-19-16(26-14)8-9-23(4)18(21-13-17(24)22(2)3)20-12-15-7-5-6-10-25-15/h11,15H,5-10,12-13H2,1-4H3,(H,20,21). The summed E-state index contributed by atoms with van der Waals surface area (Å²) in [6, 6.07) is 0. The maximum atomic E-state index is 11.9. The maximum Gasteiger partial charge on any atom is 0.243 e. The van der Waals surface area contributed by atoms with Gasteiger partial charge < -0.3 is 19.9 Å². The summed E-state index contributed by atoms with van der Waals surface area (Å²) in [4.78, 5) is 25.7. The van der Waals surface area contributed by atoms with E-state index in [0.717, 1.165) is 49.9 Å². The number of aryl methyl sites for hydroxylation is 1. The van der Waals surface area contributed by atoms with Gasteiger partial charge in [0.2, 0.25) is 5.91 Å². The molecule has 1 aliphatic rings. The summed E-state index contributed by atoms with van der Waals surface area (Å²) in [5.41, 5.74) is 0. The molecule has 0 aliphatic carbocycles. The van der Waals surface area contributed by atoms with Crippen LogP contribution in [0.15, 0.2) is 11.2 Å². The second-order valence-corrected chi connectivity index (χ2v) is 8.15. The van der Waals surface area contributed by atoms with Crippen molar-refractivity contribution in [3.05, 3.63) is 16.1 Å². The number of carbonyl (C=O) groups excluding carboxylic acids is 1. The lowest BCUT2D eigenvalue weighted by atomic mass is 10.1. The molecule has 1 saturated heterocycles. The summed E-state index contributed by atoms with van der Waals surface area (Å²) in [7, 11) is 5.48. The van der Waals surface area contributed by atoms with Crippen molar-refractivity contribution in [3.8, 4) is 0 Å². The minimum atomic E-state index is -0.0119. The molecule has 0 bridgehead atoms. The number of hydrogen-bond donors (Lipinski definition) is 1. The molecule has 1 unspecified atom stereocenters. The summed E-state index contributed by atoms with van der Waals surface area (Å²) in [6.45, 7) is 4.55. The number of nitrogens with one attached hydrogen (secondary N) is 1. The highest BCUT2D eigenvalue weighted by Gasteiger charge is 2.16. The van der Waals surface area contributed by atoms with E-state index in [1.807, 2.05) is 13.2 Å². The Morgan fingerprint density at radius 1 is 1.42 bits per heavy atom. The third-order valence-electron chi connectivity index (χ3n) is 4.32. The molecule has 26 heavy (non-hydrogen) atoms. The summed E-state index contributed by atoms with van der Waals surface area (Å²) in [5, 5.41) is 4.51. The van der Waals surface area contributed by atoms with Crippen molar-refractivity contribution in [2.24, 2.45) is 4.99 Å². The van der Waals surface area contributed by atoms with Crippen molar-refractivity contribution >= 4 is 23.2 Å². The first-order valence-electron chi connectivity index (χ1n) is 9.18. The fourth-order valence-electron chi connectivity index (χ4n) is 2.66. The van der Waals surface area contributed by atoms with Gasteiger partial charge in [0, 0.05) is 58.3 Å². The number of aliphatic imine (C=N–C) groups is 1. The van der Waals surface area contributed by atoms with E-state index in [2.05, 4.69) is 27.1 Å².